The number of H-pyrrole nitrogens is 1. The maximum absolute atomic E-state index is 11.1. The third-order valence-corrected chi connectivity index (χ3v) is 5.79. The van der Waals surface area contributed by atoms with Gasteiger partial charge in [0, 0.05) is 29.2 Å². The number of nitrogens with one attached hydrogen (secondary N) is 2. The average molecular weight is 389 g/mol. The number of aromatic amines is 1. The molecule has 1 unspecified atom stereocenters. The van der Waals surface area contributed by atoms with E-state index in [9.17, 15) is 4.79 Å². The highest BCUT2D eigenvalue weighted by atomic mass is 16.5. The highest BCUT2D eigenvalue weighted by molar-refractivity contribution is 5.90. The third-order valence-electron chi connectivity index (χ3n) is 5.79. The summed E-state index contributed by atoms with van der Waals surface area (Å²) in [6.07, 6.45) is 9.82. The molecule has 5 nitrogen and oxygen atoms in total. The normalized spacial score (nSPS) is 17.3. The van der Waals surface area contributed by atoms with Crippen molar-refractivity contribution < 1.29 is 10.0 Å². The second-order valence-electron chi connectivity index (χ2n) is 7.63. The first-order valence-electron chi connectivity index (χ1n) is 10.3. The lowest BCUT2D eigenvalue weighted by Crippen LogP contribution is -2.24. The maximum Gasteiger partial charge on any atom is 0.267 e. The lowest BCUT2D eigenvalue weighted by atomic mass is 10.0. The Labute approximate surface area is 171 Å². The predicted molar refractivity (Wildman–Crippen MR) is 116 cm³/mol. The fourth-order valence-corrected chi connectivity index (χ4v) is 4.32. The van der Waals surface area contributed by atoms with Gasteiger partial charge in [0.25, 0.3) is 5.91 Å². The van der Waals surface area contributed by atoms with Crippen LogP contribution in [0.2, 0.25) is 0 Å². The van der Waals surface area contributed by atoms with Crippen molar-refractivity contribution in [3.8, 4) is 0 Å². The molecule has 0 spiro atoms. The summed E-state index contributed by atoms with van der Waals surface area (Å²) < 4.78 is 0. The Morgan fingerprint density at radius 2 is 2.03 bits per heavy atom. The van der Waals surface area contributed by atoms with Crippen LogP contribution in [0.5, 0.6) is 0 Å². The zero-order valence-corrected chi connectivity index (χ0v) is 16.5. The van der Waals surface area contributed by atoms with Gasteiger partial charge in [0.05, 0.1) is 0 Å². The Bertz CT molecular complexity index is 991. The van der Waals surface area contributed by atoms with Crippen molar-refractivity contribution in [3.05, 3.63) is 77.5 Å². The van der Waals surface area contributed by atoms with Crippen molar-refractivity contribution in [2.24, 2.45) is 0 Å². The predicted octanol–water partition coefficient (Wildman–Crippen LogP) is 4.46. The minimum absolute atomic E-state index is 0.469. The molecule has 2 heterocycles. The second kappa shape index (κ2) is 9.07. The fourth-order valence-electron chi connectivity index (χ4n) is 4.32. The van der Waals surface area contributed by atoms with Gasteiger partial charge in [-0.3, -0.25) is 14.9 Å². The van der Waals surface area contributed by atoms with Crippen molar-refractivity contribution in [2.45, 2.75) is 31.7 Å². The summed E-state index contributed by atoms with van der Waals surface area (Å²) in [5.74, 6) is -0.522. The number of rotatable bonds is 7. The van der Waals surface area contributed by atoms with Crippen molar-refractivity contribution in [3.63, 3.8) is 0 Å². The quantitative estimate of drug-likeness (QED) is 0.318. The van der Waals surface area contributed by atoms with Crippen LogP contribution in [0.25, 0.3) is 17.0 Å². The minimum atomic E-state index is -0.522. The van der Waals surface area contributed by atoms with E-state index in [1.807, 2.05) is 12.1 Å². The van der Waals surface area contributed by atoms with Crippen LogP contribution in [0, 0.1) is 0 Å². The molecule has 5 heteroatoms. The molecule has 0 radical (unpaired) electrons. The van der Waals surface area contributed by atoms with Gasteiger partial charge in [0.2, 0.25) is 0 Å². The Hall–Kier alpha value is -2.89. The fraction of sp³-hybridized carbons (Fsp3) is 0.292. The van der Waals surface area contributed by atoms with E-state index in [2.05, 4.69) is 52.5 Å². The molecule has 1 amide bonds. The largest absolute Gasteiger partial charge is 0.361 e. The number of carbonyl (C=O) groups excluding carboxylic acids is 1. The number of para-hydroxylation sites is 1. The van der Waals surface area contributed by atoms with E-state index in [4.69, 9.17) is 5.21 Å². The van der Waals surface area contributed by atoms with Crippen LogP contribution >= 0.6 is 0 Å². The van der Waals surface area contributed by atoms with E-state index in [-0.39, 0.29) is 0 Å². The van der Waals surface area contributed by atoms with Crippen LogP contribution in [0.3, 0.4) is 0 Å². The zero-order chi connectivity index (χ0) is 20.1. The van der Waals surface area contributed by atoms with Gasteiger partial charge >= 0.3 is 0 Å². The smallest absolute Gasteiger partial charge is 0.267 e. The summed E-state index contributed by atoms with van der Waals surface area (Å²) in [4.78, 5) is 17.1. The molecule has 0 saturated carbocycles. The Balaban J connectivity index is 1.35. The van der Waals surface area contributed by atoms with E-state index in [1.54, 1.807) is 11.6 Å². The van der Waals surface area contributed by atoms with E-state index in [1.165, 1.54) is 40.9 Å². The van der Waals surface area contributed by atoms with Crippen molar-refractivity contribution >= 4 is 22.9 Å². The molecule has 29 heavy (non-hydrogen) atoms. The average Bonchev–Trinajstić information content (AvgIpc) is 3.40. The molecule has 3 aromatic rings. The number of hydroxylamine groups is 1. The number of aryl methyl sites for hydroxylation is 1. The molecule has 150 valence electrons. The minimum Gasteiger partial charge on any atom is -0.361 e. The monoisotopic (exact) mass is 389 g/mol. The molecule has 1 fully saturated rings. The van der Waals surface area contributed by atoms with E-state index >= 15 is 0 Å². The van der Waals surface area contributed by atoms with Crippen LogP contribution in [0.15, 0.2) is 60.8 Å². The first kappa shape index (κ1) is 19.4. The Morgan fingerprint density at radius 3 is 2.86 bits per heavy atom. The second-order valence-corrected chi connectivity index (χ2v) is 7.63. The first-order chi connectivity index (χ1) is 14.2. The van der Waals surface area contributed by atoms with Gasteiger partial charge in [-0.15, -0.1) is 0 Å². The number of hydrogen-bond acceptors (Lipinski definition) is 3. The highest BCUT2D eigenvalue weighted by Gasteiger charge is 2.25. The van der Waals surface area contributed by atoms with Gasteiger partial charge in [-0.25, -0.2) is 5.48 Å². The van der Waals surface area contributed by atoms with Crippen molar-refractivity contribution in [2.75, 3.05) is 13.1 Å². The van der Waals surface area contributed by atoms with Crippen molar-refractivity contribution in [1.29, 1.82) is 0 Å². The molecule has 3 N–H and O–H groups in total. The molecule has 4 rings (SSSR count). The van der Waals surface area contributed by atoms with E-state index in [0.717, 1.165) is 31.5 Å². The molecule has 1 atom stereocenters. The molecular formula is C24H27N3O2. The molecule has 0 bridgehead atoms. The number of aromatic nitrogens is 1. The topological polar surface area (TPSA) is 68.4 Å². The summed E-state index contributed by atoms with van der Waals surface area (Å²) in [7, 11) is 0. The number of likely N-dealkylation sites (tertiary alicyclic amines) is 1. The van der Waals surface area contributed by atoms with E-state index < -0.39 is 5.91 Å². The molecular weight excluding hydrogens is 362 g/mol. The third kappa shape index (κ3) is 4.58. The highest BCUT2D eigenvalue weighted by Crippen LogP contribution is 2.32. The van der Waals surface area contributed by atoms with Crippen LogP contribution in [-0.4, -0.2) is 34.1 Å². The SMILES string of the molecule is O=C(C=Cc1ccc(C2CCCN2CCCc2c[nH]c3ccccc23)cc1)NO. The Kier molecular flexibility index (Phi) is 6.08. The molecule has 1 aromatic heterocycles. The molecule has 2 aromatic carbocycles. The summed E-state index contributed by atoms with van der Waals surface area (Å²) in [5.41, 5.74) is 6.50. The first-order valence-corrected chi connectivity index (χ1v) is 10.3. The van der Waals surface area contributed by atoms with Gasteiger partial charge in [-0.1, -0.05) is 42.5 Å². The van der Waals surface area contributed by atoms with Crippen molar-refractivity contribution in [1.82, 2.24) is 15.4 Å². The van der Waals surface area contributed by atoms with Crippen LogP contribution in [0.4, 0.5) is 0 Å². The molecule has 1 aliphatic rings. The molecule has 1 aliphatic heterocycles. The number of amides is 1. The van der Waals surface area contributed by atoms with Gasteiger partial charge < -0.3 is 4.98 Å². The van der Waals surface area contributed by atoms with Gasteiger partial charge in [-0.2, -0.15) is 0 Å². The number of fused-ring (bicyclic) bond motifs is 1. The van der Waals surface area contributed by atoms with E-state index in [0.29, 0.717) is 6.04 Å². The summed E-state index contributed by atoms with van der Waals surface area (Å²) in [6.45, 7) is 2.25. The molecule has 0 aliphatic carbocycles. The lowest BCUT2D eigenvalue weighted by Gasteiger charge is -2.25. The molecule has 1 saturated heterocycles. The Morgan fingerprint density at radius 1 is 1.21 bits per heavy atom. The number of carbonyl (C=O) groups is 1. The van der Waals surface area contributed by atoms with Crippen LogP contribution in [-0.2, 0) is 11.2 Å². The number of benzene rings is 2. The van der Waals surface area contributed by atoms with Gasteiger partial charge in [0.15, 0.2) is 0 Å². The number of nitrogens with zero attached hydrogens (tertiary/aromatic N) is 1. The standard InChI is InChI=1S/C24H27N3O2/c28-24(26-29)14-11-18-9-12-19(13-10-18)23-8-4-16-27(23)15-3-5-20-17-25-22-7-2-1-6-21(20)22/h1-2,6-7,9-14,17,23,25,29H,3-5,8,15-16H2,(H,26,28). The van der Waals surface area contributed by atoms with Crippen LogP contribution < -0.4 is 5.48 Å². The zero-order valence-electron chi connectivity index (χ0n) is 16.5. The number of hydrogen-bond donors (Lipinski definition) is 3. The maximum atomic E-state index is 11.1. The summed E-state index contributed by atoms with van der Waals surface area (Å²) in [5, 5.41) is 9.89. The summed E-state index contributed by atoms with van der Waals surface area (Å²) >= 11 is 0. The van der Waals surface area contributed by atoms with Gasteiger partial charge in [0.1, 0.15) is 0 Å². The van der Waals surface area contributed by atoms with Crippen LogP contribution in [0.1, 0.15) is 42.0 Å². The summed E-state index contributed by atoms with van der Waals surface area (Å²) in [6, 6.07) is 17.3. The van der Waals surface area contributed by atoms with Gasteiger partial charge in [-0.05, 0) is 67.6 Å². The lowest BCUT2D eigenvalue weighted by molar-refractivity contribution is -0.124.